The summed E-state index contributed by atoms with van der Waals surface area (Å²) < 4.78 is 6.38. The number of aromatic nitrogens is 1. The number of piperidine rings is 1. The van der Waals surface area contributed by atoms with Crippen molar-refractivity contribution >= 4 is 16.6 Å². The van der Waals surface area contributed by atoms with Crippen LogP contribution in [0.15, 0.2) is 54.6 Å². The normalized spacial score (nSPS) is 15.6. The molecular weight excluding hydrogens is 334 g/mol. The Hall–Kier alpha value is -2.90. The maximum Gasteiger partial charge on any atom is 0.191 e. The second kappa shape index (κ2) is 7.77. The number of nitrogens with zero attached hydrogens (tertiary/aromatic N) is 3. The average Bonchev–Trinajstić information content (AvgIpc) is 2.70. The zero-order valence-electron chi connectivity index (χ0n) is 15.6. The molecule has 0 atom stereocenters. The van der Waals surface area contributed by atoms with Gasteiger partial charge in [0.15, 0.2) is 5.69 Å². The van der Waals surface area contributed by atoms with Crippen molar-refractivity contribution < 1.29 is 4.74 Å². The fraction of sp³-hybridized carbons (Fsp3) is 0.304. The minimum absolute atomic E-state index is 0.225. The van der Waals surface area contributed by atoms with E-state index < -0.39 is 0 Å². The third kappa shape index (κ3) is 3.94. The molecule has 2 heterocycles. The number of hydrogen-bond acceptors (Lipinski definition) is 3. The third-order valence-electron chi connectivity index (χ3n) is 5.14. The second-order valence-corrected chi connectivity index (χ2v) is 7.11. The molecule has 1 fully saturated rings. The van der Waals surface area contributed by atoms with Gasteiger partial charge in [-0.15, -0.1) is 0 Å². The standard InChI is InChI=1S/C23H23N3O/c1-17-15-23(20-8-4-6-10-22(20)25-17)27-19-11-13-26(14-12-19)16-18-7-3-5-9-21(18)24-2/h3-10,15,19H,11-14,16H2,1H3. The lowest BCUT2D eigenvalue weighted by molar-refractivity contribution is 0.0980. The fourth-order valence-corrected chi connectivity index (χ4v) is 3.73. The largest absolute Gasteiger partial charge is 0.490 e. The fourth-order valence-electron chi connectivity index (χ4n) is 3.73. The van der Waals surface area contributed by atoms with E-state index in [-0.39, 0.29) is 6.10 Å². The summed E-state index contributed by atoms with van der Waals surface area (Å²) in [4.78, 5) is 10.6. The molecule has 1 saturated heterocycles. The summed E-state index contributed by atoms with van der Waals surface area (Å²) in [6.45, 7) is 12.1. The summed E-state index contributed by atoms with van der Waals surface area (Å²) in [7, 11) is 0. The Morgan fingerprint density at radius 1 is 1.11 bits per heavy atom. The number of hydrogen-bond donors (Lipinski definition) is 0. The SMILES string of the molecule is [C-]#[N+]c1ccccc1CN1CCC(Oc2cc(C)nc3ccccc23)CC1. The van der Waals surface area contributed by atoms with Crippen LogP contribution in [0.1, 0.15) is 24.1 Å². The van der Waals surface area contributed by atoms with Crippen molar-refractivity contribution in [3.8, 4) is 5.75 Å². The molecule has 4 nitrogen and oxygen atoms in total. The quantitative estimate of drug-likeness (QED) is 0.606. The number of para-hydroxylation sites is 2. The van der Waals surface area contributed by atoms with Crippen LogP contribution in [0.25, 0.3) is 15.7 Å². The van der Waals surface area contributed by atoms with Crippen molar-refractivity contribution in [1.29, 1.82) is 0 Å². The lowest BCUT2D eigenvalue weighted by Crippen LogP contribution is -2.37. The van der Waals surface area contributed by atoms with Crippen molar-refractivity contribution in [2.24, 2.45) is 0 Å². The Morgan fingerprint density at radius 2 is 1.85 bits per heavy atom. The molecule has 136 valence electrons. The van der Waals surface area contributed by atoms with Crippen molar-refractivity contribution in [2.75, 3.05) is 13.1 Å². The minimum Gasteiger partial charge on any atom is -0.490 e. The first kappa shape index (κ1) is 17.5. The van der Waals surface area contributed by atoms with E-state index in [0.717, 1.165) is 66.1 Å². The van der Waals surface area contributed by atoms with E-state index in [0.29, 0.717) is 0 Å². The van der Waals surface area contributed by atoms with Crippen molar-refractivity contribution in [1.82, 2.24) is 9.88 Å². The van der Waals surface area contributed by atoms with Gasteiger partial charge in [0.05, 0.1) is 12.1 Å². The molecule has 0 spiro atoms. The van der Waals surface area contributed by atoms with E-state index in [1.54, 1.807) is 0 Å². The summed E-state index contributed by atoms with van der Waals surface area (Å²) >= 11 is 0. The first-order valence-corrected chi connectivity index (χ1v) is 9.44. The summed E-state index contributed by atoms with van der Waals surface area (Å²) in [5.74, 6) is 0.940. The minimum atomic E-state index is 0.225. The monoisotopic (exact) mass is 357 g/mol. The Balaban J connectivity index is 1.41. The van der Waals surface area contributed by atoms with Crippen LogP contribution in [0, 0.1) is 13.5 Å². The van der Waals surface area contributed by atoms with Gasteiger partial charge in [-0.3, -0.25) is 4.98 Å². The van der Waals surface area contributed by atoms with Crippen LogP contribution in [0.5, 0.6) is 5.75 Å². The van der Waals surface area contributed by atoms with E-state index >= 15 is 0 Å². The highest BCUT2D eigenvalue weighted by molar-refractivity contribution is 5.85. The van der Waals surface area contributed by atoms with Crippen LogP contribution in [-0.2, 0) is 6.54 Å². The van der Waals surface area contributed by atoms with Crippen LogP contribution in [0.2, 0.25) is 0 Å². The molecule has 0 bridgehead atoms. The van der Waals surface area contributed by atoms with Gasteiger partial charge in [0.25, 0.3) is 0 Å². The van der Waals surface area contributed by atoms with Gasteiger partial charge in [-0.25, -0.2) is 4.85 Å². The lowest BCUT2D eigenvalue weighted by atomic mass is 10.1. The van der Waals surface area contributed by atoms with Gasteiger partial charge in [0.1, 0.15) is 11.9 Å². The van der Waals surface area contributed by atoms with Crippen molar-refractivity contribution in [2.45, 2.75) is 32.4 Å². The zero-order chi connectivity index (χ0) is 18.6. The molecule has 3 aromatic rings. The summed E-state index contributed by atoms with van der Waals surface area (Å²) in [6.07, 6.45) is 2.22. The molecule has 0 amide bonds. The Morgan fingerprint density at radius 3 is 2.67 bits per heavy atom. The Kier molecular flexibility index (Phi) is 5.04. The molecule has 0 saturated carbocycles. The molecule has 0 aliphatic carbocycles. The van der Waals surface area contributed by atoms with E-state index in [1.165, 1.54) is 0 Å². The molecule has 27 heavy (non-hydrogen) atoms. The predicted molar refractivity (Wildman–Crippen MR) is 108 cm³/mol. The van der Waals surface area contributed by atoms with Gasteiger partial charge in [0.2, 0.25) is 0 Å². The smallest absolute Gasteiger partial charge is 0.191 e. The molecule has 0 radical (unpaired) electrons. The first-order valence-electron chi connectivity index (χ1n) is 9.44. The molecule has 1 aliphatic rings. The number of benzene rings is 2. The maximum atomic E-state index is 7.32. The molecule has 4 rings (SSSR count). The van der Waals surface area contributed by atoms with Crippen LogP contribution in [0.3, 0.4) is 0 Å². The summed E-state index contributed by atoms with van der Waals surface area (Å²) in [5, 5.41) is 1.08. The van der Waals surface area contributed by atoms with Crippen molar-refractivity contribution in [3.63, 3.8) is 0 Å². The maximum absolute atomic E-state index is 7.32. The number of ether oxygens (including phenoxy) is 1. The Labute approximate surface area is 160 Å². The molecule has 1 aliphatic heterocycles. The molecule has 0 N–H and O–H groups in total. The van der Waals surface area contributed by atoms with E-state index in [2.05, 4.69) is 26.9 Å². The van der Waals surface area contributed by atoms with Gasteiger partial charge in [-0.1, -0.05) is 36.4 Å². The summed E-state index contributed by atoms with van der Waals surface area (Å²) in [6, 6.07) is 18.1. The van der Waals surface area contributed by atoms with E-state index in [1.807, 2.05) is 49.4 Å². The van der Waals surface area contributed by atoms with Gasteiger partial charge in [-0.05, 0) is 37.5 Å². The Bertz CT molecular complexity index is 984. The van der Waals surface area contributed by atoms with Gasteiger partial charge >= 0.3 is 0 Å². The lowest BCUT2D eigenvalue weighted by Gasteiger charge is -2.32. The number of fused-ring (bicyclic) bond motifs is 1. The van der Waals surface area contributed by atoms with Crippen LogP contribution in [0.4, 0.5) is 5.69 Å². The number of rotatable bonds is 4. The van der Waals surface area contributed by atoms with E-state index in [9.17, 15) is 0 Å². The predicted octanol–water partition coefficient (Wildman–Crippen LogP) is 5.14. The summed E-state index contributed by atoms with van der Waals surface area (Å²) in [5.41, 5.74) is 3.84. The van der Waals surface area contributed by atoms with E-state index in [4.69, 9.17) is 11.3 Å². The van der Waals surface area contributed by atoms with Gasteiger partial charge in [0, 0.05) is 36.8 Å². The second-order valence-electron chi connectivity index (χ2n) is 7.11. The highest BCUT2D eigenvalue weighted by Gasteiger charge is 2.22. The van der Waals surface area contributed by atoms with Gasteiger partial charge in [-0.2, -0.15) is 0 Å². The average molecular weight is 357 g/mol. The third-order valence-corrected chi connectivity index (χ3v) is 5.14. The van der Waals surface area contributed by atoms with Crippen LogP contribution in [-0.4, -0.2) is 29.1 Å². The number of likely N-dealkylation sites (tertiary alicyclic amines) is 1. The first-order chi connectivity index (χ1) is 13.2. The molecular formula is C23H23N3O. The molecule has 0 unspecified atom stereocenters. The highest BCUT2D eigenvalue weighted by Crippen LogP contribution is 2.29. The van der Waals surface area contributed by atoms with Crippen LogP contribution >= 0.6 is 0 Å². The molecule has 4 heteroatoms. The molecule has 2 aromatic carbocycles. The highest BCUT2D eigenvalue weighted by atomic mass is 16.5. The van der Waals surface area contributed by atoms with Gasteiger partial charge < -0.3 is 9.64 Å². The number of aryl methyl sites for hydroxylation is 1. The van der Waals surface area contributed by atoms with Crippen LogP contribution < -0.4 is 4.74 Å². The topological polar surface area (TPSA) is 29.7 Å². The zero-order valence-corrected chi connectivity index (χ0v) is 15.6. The molecule has 1 aromatic heterocycles. The van der Waals surface area contributed by atoms with Crippen molar-refractivity contribution in [3.05, 3.63) is 77.3 Å². The number of pyridine rings is 1.